The summed E-state index contributed by atoms with van der Waals surface area (Å²) >= 11 is 0. The molecule has 0 radical (unpaired) electrons. The van der Waals surface area contributed by atoms with Crippen LogP contribution in [0.15, 0.2) is 0 Å². The van der Waals surface area contributed by atoms with Crippen LogP contribution >= 0.6 is 60.1 Å². The molecule has 0 bridgehead atoms. The predicted molar refractivity (Wildman–Crippen MR) is 46.6 cm³/mol. The van der Waals surface area contributed by atoms with Crippen LogP contribution in [0.2, 0.25) is 0 Å². The molecule has 0 spiro atoms. The fraction of sp³-hybridized carbons (Fsp3) is 0. The van der Waals surface area contributed by atoms with E-state index in [2.05, 4.69) is 0 Å². The molecule has 8 heteroatoms. The fourth-order valence-corrected chi connectivity index (χ4v) is 0. The first-order valence-electron chi connectivity index (χ1n) is 1.38. The zero-order valence-corrected chi connectivity index (χ0v) is 12.0. The van der Waals surface area contributed by atoms with Gasteiger partial charge in [-0.15, -0.1) is 0 Å². The summed E-state index contributed by atoms with van der Waals surface area (Å²) in [5, 5.41) is 0. The molecule has 0 aliphatic heterocycles. The normalized spacial score (nSPS) is 14.2. The second-order valence-corrected chi connectivity index (χ2v) is 66.0. The summed E-state index contributed by atoms with van der Waals surface area (Å²) < 4.78 is 0. The van der Waals surface area contributed by atoms with E-state index >= 15 is 0 Å². The summed E-state index contributed by atoms with van der Waals surface area (Å²) in [6.07, 6.45) is 0. The molecule has 0 aromatic rings. The Morgan fingerprint density at radius 2 is 0.625 bits per heavy atom. The van der Waals surface area contributed by atoms with Gasteiger partial charge in [-0.25, -0.2) is 0 Å². The van der Waals surface area contributed by atoms with E-state index in [4.69, 9.17) is 60.1 Å². The van der Waals surface area contributed by atoms with Crippen LogP contribution in [-0.2, 0) is 0 Å². The Kier molecular flexibility index (Phi) is 4.71. The molecule has 0 fully saturated rings. The van der Waals surface area contributed by atoms with Crippen LogP contribution in [0.5, 0.6) is 0 Å². The number of hydrogen-bond acceptors (Lipinski definition) is 0. The van der Waals surface area contributed by atoms with Crippen LogP contribution in [0.4, 0.5) is 0 Å². The Labute approximate surface area is 75.9 Å². The molecule has 0 N–H and O–H groups in total. The molecular weight excluding hydrogens is 358 g/mol. The first kappa shape index (κ1) is 10.8. The van der Waals surface area contributed by atoms with Crippen LogP contribution in [0.1, 0.15) is 0 Å². The van der Waals surface area contributed by atoms with Gasteiger partial charge in [0.05, 0.1) is 0 Å². The van der Waals surface area contributed by atoms with E-state index in [0.29, 0.717) is 0 Å². The zero-order valence-electron chi connectivity index (χ0n) is 3.27. The van der Waals surface area contributed by atoms with Crippen LogP contribution in [0, 0.1) is 0 Å². The van der Waals surface area contributed by atoms with Crippen molar-refractivity contribution in [2.45, 2.75) is 0 Å². The van der Waals surface area contributed by atoms with Crippen molar-refractivity contribution in [2.24, 2.45) is 0 Å². The molecular formula is Cl6Ge2. The van der Waals surface area contributed by atoms with E-state index in [0.717, 1.165) is 0 Å². The molecule has 0 heterocycles. The molecule has 50 valence electrons. The van der Waals surface area contributed by atoms with Crippen molar-refractivity contribution >= 4 is 77.1 Å². The Hall–Kier alpha value is 2.83. The molecule has 0 saturated heterocycles. The zero-order chi connectivity index (χ0) is 7.00. The van der Waals surface area contributed by atoms with Crippen molar-refractivity contribution in [3.8, 4) is 0 Å². The average molecular weight is 358 g/mol. The predicted octanol–water partition coefficient (Wildman–Crippen LogP) is 3.38. The molecule has 0 aromatic heterocycles. The van der Waals surface area contributed by atoms with E-state index in [1.165, 1.54) is 0 Å². The summed E-state index contributed by atoms with van der Waals surface area (Å²) in [4.78, 5) is 0. The second-order valence-electron chi connectivity index (χ2n) is 0.996. The van der Waals surface area contributed by atoms with Gasteiger partial charge in [0, 0.05) is 0 Å². The first-order valence-corrected chi connectivity index (χ1v) is 24.4. The van der Waals surface area contributed by atoms with Crippen LogP contribution in [-0.4, -0.2) is 17.0 Å². The molecule has 0 rings (SSSR count). The second kappa shape index (κ2) is 3.48. The van der Waals surface area contributed by atoms with Crippen LogP contribution < -0.4 is 0 Å². The van der Waals surface area contributed by atoms with Gasteiger partial charge in [-0.05, 0) is 0 Å². The third-order valence-corrected chi connectivity index (χ3v) is 78.1. The maximum atomic E-state index is 5.42. The van der Waals surface area contributed by atoms with Gasteiger partial charge in [0.1, 0.15) is 0 Å². The third-order valence-electron chi connectivity index (χ3n) is 0.321. The number of rotatable bonds is 1. The van der Waals surface area contributed by atoms with Gasteiger partial charge in [0.25, 0.3) is 0 Å². The van der Waals surface area contributed by atoms with Crippen LogP contribution in [0.25, 0.3) is 0 Å². The molecule has 0 unspecified atom stereocenters. The van der Waals surface area contributed by atoms with Gasteiger partial charge in [0.2, 0.25) is 0 Å². The summed E-state index contributed by atoms with van der Waals surface area (Å²) in [5.41, 5.74) is 0. The van der Waals surface area contributed by atoms with Crippen molar-refractivity contribution in [3.05, 3.63) is 0 Å². The Bertz CT molecular complexity index is 61.5. The average Bonchev–Trinajstić information content (AvgIpc) is 1.25. The standard InChI is InChI=1S/Cl6Ge2/c1-7(2,3)8(4,5)6. The van der Waals surface area contributed by atoms with Gasteiger partial charge in [-0.1, -0.05) is 0 Å². The third kappa shape index (κ3) is 3.86. The van der Waals surface area contributed by atoms with Gasteiger partial charge in [-0.3, -0.25) is 0 Å². The van der Waals surface area contributed by atoms with Gasteiger partial charge >= 0.3 is 77.1 Å². The van der Waals surface area contributed by atoms with Gasteiger partial charge in [0.15, 0.2) is 0 Å². The summed E-state index contributed by atoms with van der Waals surface area (Å²) in [6, 6.07) is 0. The quantitative estimate of drug-likeness (QED) is 0.631. The van der Waals surface area contributed by atoms with Crippen LogP contribution in [0.3, 0.4) is 0 Å². The molecule has 8 heavy (non-hydrogen) atoms. The van der Waals surface area contributed by atoms with Crippen molar-refractivity contribution in [1.29, 1.82) is 0 Å². The van der Waals surface area contributed by atoms with Crippen molar-refractivity contribution in [2.75, 3.05) is 0 Å². The number of hydrogen-bond donors (Lipinski definition) is 0. The molecule has 0 aliphatic carbocycles. The maximum absolute atomic E-state index is 5.42. The minimum absolute atomic E-state index is 3.41. The fourth-order valence-electron chi connectivity index (χ4n) is 0. The van der Waals surface area contributed by atoms with Gasteiger partial charge in [-0.2, -0.15) is 0 Å². The summed E-state index contributed by atoms with van der Waals surface area (Å²) in [6.45, 7) is 0. The summed E-state index contributed by atoms with van der Waals surface area (Å²) in [5.74, 6) is 0. The number of halogens is 6. The van der Waals surface area contributed by atoms with E-state index in [1.54, 1.807) is 0 Å². The van der Waals surface area contributed by atoms with Gasteiger partial charge < -0.3 is 0 Å². The Balaban J connectivity index is 4.02. The first-order chi connectivity index (χ1) is 3.25. The monoisotopic (exact) mass is 358 g/mol. The van der Waals surface area contributed by atoms with E-state index in [-0.39, 0.29) is 0 Å². The van der Waals surface area contributed by atoms with E-state index in [1.807, 2.05) is 0 Å². The molecule has 0 saturated carbocycles. The van der Waals surface area contributed by atoms with Crippen molar-refractivity contribution < 1.29 is 0 Å². The Morgan fingerprint density at radius 1 is 0.500 bits per heavy atom. The van der Waals surface area contributed by atoms with Crippen molar-refractivity contribution in [3.63, 3.8) is 0 Å². The molecule has 0 aromatic carbocycles. The Morgan fingerprint density at radius 3 is 0.625 bits per heavy atom. The molecule has 0 nitrogen and oxygen atoms in total. The topological polar surface area (TPSA) is 0 Å². The van der Waals surface area contributed by atoms with E-state index < -0.39 is 17.0 Å². The van der Waals surface area contributed by atoms with E-state index in [9.17, 15) is 0 Å². The molecule has 0 amide bonds. The molecule has 0 atom stereocenters. The van der Waals surface area contributed by atoms with Crippen molar-refractivity contribution in [1.82, 2.24) is 0 Å². The minimum atomic E-state index is -3.41. The molecule has 0 aliphatic rings. The SMILES string of the molecule is [Cl][Ge]([Cl])([Cl])[Ge]([Cl])([Cl])[Cl]. The summed E-state index contributed by atoms with van der Waals surface area (Å²) in [7, 11) is 25.7.